The van der Waals surface area contributed by atoms with Crippen molar-refractivity contribution >= 4 is 28.8 Å². The Morgan fingerprint density at radius 3 is 2.61 bits per heavy atom. The first kappa shape index (κ1) is 21.1. The number of primary amides is 1. The fraction of sp³-hybridized carbons (Fsp3) is 0.500. The number of carbonyl (C=O) groups is 2. The van der Waals surface area contributed by atoms with Gasteiger partial charge in [-0.2, -0.15) is 0 Å². The molecule has 3 N–H and O–H groups in total. The van der Waals surface area contributed by atoms with Crippen LogP contribution in [0.2, 0.25) is 0 Å². The summed E-state index contributed by atoms with van der Waals surface area (Å²) in [6.45, 7) is 4.99. The molecule has 2 amide bonds. The maximum absolute atomic E-state index is 12.0. The van der Waals surface area contributed by atoms with Crippen LogP contribution in [0.4, 0.5) is 15.3 Å². The predicted molar refractivity (Wildman–Crippen MR) is 103 cm³/mol. The third kappa shape index (κ3) is 6.22. The third-order valence-electron chi connectivity index (χ3n) is 3.51. The third-order valence-corrected chi connectivity index (χ3v) is 3.51. The highest BCUT2D eigenvalue weighted by Gasteiger charge is 2.22. The molecule has 10 nitrogen and oxygen atoms in total. The monoisotopic (exact) mass is 394 g/mol. The number of fused-ring (bicyclic) bond motifs is 1. The van der Waals surface area contributed by atoms with Gasteiger partial charge in [0.05, 0.1) is 5.39 Å². The Morgan fingerprint density at radius 2 is 2.00 bits per heavy atom. The lowest BCUT2D eigenvalue weighted by atomic mass is 10.2. The minimum atomic E-state index is -0.960. The van der Waals surface area contributed by atoms with E-state index in [1.165, 1.54) is 0 Å². The average Bonchev–Trinajstić information content (AvgIpc) is 2.97. The van der Waals surface area contributed by atoms with Gasteiger partial charge in [0.1, 0.15) is 24.9 Å². The number of aromatic nitrogens is 1. The van der Waals surface area contributed by atoms with Crippen molar-refractivity contribution in [1.29, 1.82) is 0 Å². The van der Waals surface area contributed by atoms with Gasteiger partial charge in [-0.1, -0.05) is 0 Å². The van der Waals surface area contributed by atoms with E-state index in [2.05, 4.69) is 10.5 Å². The first-order valence-electron chi connectivity index (χ1n) is 8.66. The second-order valence-electron chi connectivity index (χ2n) is 7.35. The molecule has 1 heterocycles. The zero-order valence-electron chi connectivity index (χ0n) is 16.6. The van der Waals surface area contributed by atoms with Gasteiger partial charge in [0, 0.05) is 19.8 Å². The van der Waals surface area contributed by atoms with E-state index >= 15 is 0 Å². The van der Waals surface area contributed by atoms with Crippen molar-refractivity contribution in [3.63, 3.8) is 0 Å². The van der Waals surface area contributed by atoms with Crippen LogP contribution in [0, 0.1) is 0 Å². The molecular formula is C18H26N4O6. The van der Waals surface area contributed by atoms with E-state index in [4.69, 9.17) is 24.5 Å². The Kier molecular flexibility index (Phi) is 6.55. The Bertz CT molecular complexity index is 827. The van der Waals surface area contributed by atoms with E-state index in [-0.39, 0.29) is 19.1 Å². The molecule has 0 aliphatic rings. The van der Waals surface area contributed by atoms with Crippen molar-refractivity contribution in [3.05, 3.63) is 18.2 Å². The van der Waals surface area contributed by atoms with Crippen LogP contribution in [0.5, 0.6) is 5.88 Å². The summed E-state index contributed by atoms with van der Waals surface area (Å²) in [4.78, 5) is 24.9. The van der Waals surface area contributed by atoms with Gasteiger partial charge in [-0.15, -0.1) is 0 Å². The number of nitrogens with two attached hydrogens (primary N) is 1. The van der Waals surface area contributed by atoms with Crippen LogP contribution in [0.1, 0.15) is 20.8 Å². The number of amides is 2. The highest BCUT2D eigenvalue weighted by atomic mass is 16.6. The molecule has 0 fully saturated rings. The van der Waals surface area contributed by atoms with E-state index < -0.39 is 23.8 Å². The van der Waals surface area contributed by atoms with E-state index in [9.17, 15) is 9.59 Å². The number of alkyl carbamates (subject to hydrolysis) is 1. The summed E-state index contributed by atoms with van der Waals surface area (Å²) in [6, 6.07) is 4.85. The lowest BCUT2D eigenvalue weighted by molar-refractivity contribution is 0.0444. The smallest absolute Gasteiger partial charge is 0.408 e. The number of carbonyl (C=O) groups excluding carboxylic acids is 2. The Labute approximate surface area is 162 Å². The lowest BCUT2D eigenvalue weighted by Gasteiger charge is -2.23. The summed E-state index contributed by atoms with van der Waals surface area (Å²) in [5.74, 6) is 0.258. The highest BCUT2D eigenvalue weighted by Crippen LogP contribution is 2.28. The Hall–Kier alpha value is -3.17. The van der Waals surface area contributed by atoms with Crippen molar-refractivity contribution in [2.75, 3.05) is 32.2 Å². The minimum Gasteiger partial charge on any atom is -0.473 e. The summed E-state index contributed by atoms with van der Waals surface area (Å²) in [6.07, 6.45) is -1.63. The van der Waals surface area contributed by atoms with Gasteiger partial charge < -0.3 is 34.7 Å². The fourth-order valence-corrected chi connectivity index (χ4v) is 2.25. The number of nitrogens with zero attached hydrogens (tertiary/aromatic N) is 2. The molecule has 1 aromatic heterocycles. The van der Waals surface area contributed by atoms with Gasteiger partial charge >= 0.3 is 12.2 Å². The van der Waals surface area contributed by atoms with Crippen molar-refractivity contribution in [2.24, 2.45) is 5.73 Å². The van der Waals surface area contributed by atoms with Gasteiger partial charge in [-0.05, 0) is 44.1 Å². The number of hydrogen-bond acceptors (Lipinski definition) is 8. The van der Waals surface area contributed by atoms with Crippen LogP contribution in [-0.4, -0.2) is 56.3 Å². The summed E-state index contributed by atoms with van der Waals surface area (Å²) in [5, 5.41) is 7.17. The quantitative estimate of drug-likeness (QED) is 0.731. The number of anilines is 1. The molecule has 28 heavy (non-hydrogen) atoms. The fourth-order valence-electron chi connectivity index (χ4n) is 2.25. The summed E-state index contributed by atoms with van der Waals surface area (Å²) in [7, 11) is 3.83. The number of ether oxygens (including phenoxy) is 3. The minimum absolute atomic E-state index is 0.0413. The van der Waals surface area contributed by atoms with Crippen LogP contribution in [-0.2, 0) is 9.47 Å². The van der Waals surface area contributed by atoms with Gasteiger partial charge in [0.25, 0.3) is 5.88 Å². The second-order valence-corrected chi connectivity index (χ2v) is 7.35. The number of rotatable bonds is 7. The van der Waals surface area contributed by atoms with Gasteiger partial charge in [-0.25, -0.2) is 9.59 Å². The van der Waals surface area contributed by atoms with Gasteiger partial charge in [-0.3, -0.25) is 0 Å². The molecule has 2 rings (SSSR count). The van der Waals surface area contributed by atoms with Crippen molar-refractivity contribution < 1.29 is 28.3 Å². The number of benzene rings is 1. The topological polar surface area (TPSA) is 129 Å². The van der Waals surface area contributed by atoms with E-state index in [0.29, 0.717) is 11.0 Å². The van der Waals surface area contributed by atoms with Crippen LogP contribution < -0.4 is 20.7 Å². The van der Waals surface area contributed by atoms with Crippen LogP contribution in [0.25, 0.3) is 11.0 Å². The SMILES string of the molecule is CN(C)c1ccc2onc(OCC(COC(N)=O)NC(=O)OC(C)(C)C)c2c1. The summed E-state index contributed by atoms with van der Waals surface area (Å²) < 4.78 is 20.9. The molecule has 1 aromatic carbocycles. The molecule has 0 saturated carbocycles. The van der Waals surface area contributed by atoms with E-state index in [1.54, 1.807) is 26.8 Å². The molecular weight excluding hydrogens is 368 g/mol. The Balaban J connectivity index is 2.09. The average molecular weight is 394 g/mol. The maximum atomic E-state index is 12.0. The van der Waals surface area contributed by atoms with E-state index in [0.717, 1.165) is 5.69 Å². The lowest BCUT2D eigenvalue weighted by Crippen LogP contribution is -2.45. The van der Waals surface area contributed by atoms with Crippen molar-refractivity contribution in [1.82, 2.24) is 10.5 Å². The van der Waals surface area contributed by atoms with Crippen LogP contribution >= 0.6 is 0 Å². The molecule has 10 heteroatoms. The first-order valence-corrected chi connectivity index (χ1v) is 8.66. The zero-order valence-corrected chi connectivity index (χ0v) is 16.6. The number of nitrogens with one attached hydrogen (secondary N) is 1. The summed E-state index contributed by atoms with van der Waals surface area (Å²) in [5.41, 5.74) is 5.84. The summed E-state index contributed by atoms with van der Waals surface area (Å²) >= 11 is 0. The molecule has 0 radical (unpaired) electrons. The first-order chi connectivity index (χ1) is 13.0. The molecule has 1 atom stereocenters. The second kappa shape index (κ2) is 8.68. The molecule has 0 aliphatic carbocycles. The van der Waals surface area contributed by atoms with E-state index in [1.807, 2.05) is 31.1 Å². The maximum Gasteiger partial charge on any atom is 0.408 e. The van der Waals surface area contributed by atoms with Crippen molar-refractivity contribution in [2.45, 2.75) is 32.4 Å². The highest BCUT2D eigenvalue weighted by molar-refractivity contribution is 5.85. The molecule has 154 valence electrons. The molecule has 0 bridgehead atoms. The Morgan fingerprint density at radius 1 is 1.29 bits per heavy atom. The molecule has 0 spiro atoms. The molecule has 0 saturated heterocycles. The standard InChI is InChI=1S/C18H26N4O6/c1-18(2,3)27-17(24)20-11(10-26-16(19)23)9-25-15-13-8-12(22(4)5)6-7-14(13)28-21-15/h6-8,11H,9-10H2,1-5H3,(H2,19,23)(H,20,24). The number of hydrogen-bond donors (Lipinski definition) is 2. The zero-order chi connectivity index (χ0) is 20.9. The van der Waals surface area contributed by atoms with Crippen LogP contribution in [0.3, 0.4) is 0 Å². The molecule has 0 aliphatic heterocycles. The molecule has 2 aromatic rings. The van der Waals surface area contributed by atoms with Gasteiger partial charge in [0.15, 0.2) is 5.58 Å². The van der Waals surface area contributed by atoms with Crippen molar-refractivity contribution in [3.8, 4) is 5.88 Å². The largest absolute Gasteiger partial charge is 0.473 e. The normalized spacial score (nSPS) is 12.3. The van der Waals surface area contributed by atoms with Crippen LogP contribution in [0.15, 0.2) is 22.7 Å². The molecule has 1 unspecified atom stereocenters. The predicted octanol–water partition coefficient (Wildman–Crippen LogP) is 2.26. The van der Waals surface area contributed by atoms with Gasteiger partial charge in [0.2, 0.25) is 0 Å².